The molecule has 1 saturated carbocycles. The number of allylic oxidation sites excluding steroid dienone is 2. The van der Waals surface area contributed by atoms with E-state index < -0.39 is 0 Å². The van der Waals surface area contributed by atoms with Crippen molar-refractivity contribution in [3.05, 3.63) is 40.4 Å². The van der Waals surface area contributed by atoms with Gasteiger partial charge in [0.1, 0.15) is 0 Å². The number of aryl methyl sites for hydroxylation is 1. The summed E-state index contributed by atoms with van der Waals surface area (Å²) < 4.78 is 0.927. The van der Waals surface area contributed by atoms with E-state index in [4.69, 9.17) is 0 Å². The molecule has 3 nitrogen and oxygen atoms in total. The van der Waals surface area contributed by atoms with Crippen LogP contribution in [0.5, 0.6) is 0 Å². The molecule has 21 heavy (non-hydrogen) atoms. The van der Waals surface area contributed by atoms with Crippen LogP contribution in [0.25, 0.3) is 0 Å². The van der Waals surface area contributed by atoms with E-state index in [0.717, 1.165) is 22.9 Å². The molecular formula is C17H16BrNO2. The molecule has 0 N–H and O–H groups in total. The van der Waals surface area contributed by atoms with Crippen LogP contribution < -0.4 is 4.90 Å². The van der Waals surface area contributed by atoms with Gasteiger partial charge in [-0.1, -0.05) is 34.1 Å². The van der Waals surface area contributed by atoms with E-state index in [-0.39, 0.29) is 35.5 Å². The fourth-order valence-corrected chi connectivity index (χ4v) is 4.42. The van der Waals surface area contributed by atoms with Gasteiger partial charge in [-0.15, -0.1) is 0 Å². The number of carbonyl (C=O) groups excluding carboxylic acids is 2. The molecular weight excluding hydrogens is 330 g/mol. The number of nitrogens with zero attached hydrogens (tertiary/aromatic N) is 1. The average Bonchev–Trinajstić information content (AvgIpc) is 2.78. The number of hydrogen-bond acceptors (Lipinski definition) is 2. The number of rotatable bonds is 1. The monoisotopic (exact) mass is 345 g/mol. The van der Waals surface area contributed by atoms with E-state index in [9.17, 15) is 9.59 Å². The van der Waals surface area contributed by atoms with Crippen molar-refractivity contribution < 1.29 is 9.59 Å². The van der Waals surface area contributed by atoms with Crippen molar-refractivity contribution in [3.8, 4) is 0 Å². The van der Waals surface area contributed by atoms with Crippen LogP contribution in [0.3, 0.4) is 0 Å². The summed E-state index contributed by atoms with van der Waals surface area (Å²) in [5.74, 6) is 0.188. The summed E-state index contributed by atoms with van der Waals surface area (Å²) in [6.45, 7) is 1.99. The molecule has 1 saturated heterocycles. The van der Waals surface area contributed by atoms with Gasteiger partial charge in [0, 0.05) is 4.47 Å². The quantitative estimate of drug-likeness (QED) is 0.577. The maximum absolute atomic E-state index is 12.8. The van der Waals surface area contributed by atoms with Gasteiger partial charge in [0.05, 0.1) is 17.5 Å². The molecule has 4 aliphatic rings. The SMILES string of the molecule is Cc1ccc(N2C(=O)[C@H]3[C@H](C2=O)[C@@H]2C=C[C@@H]3CC2)cc1Br. The zero-order valence-corrected chi connectivity index (χ0v) is 13.3. The molecule has 5 rings (SSSR count). The van der Waals surface area contributed by atoms with Gasteiger partial charge in [0.25, 0.3) is 0 Å². The van der Waals surface area contributed by atoms with E-state index in [0.29, 0.717) is 5.69 Å². The lowest BCUT2D eigenvalue weighted by Crippen LogP contribution is -2.38. The summed E-state index contributed by atoms with van der Waals surface area (Å²) in [5.41, 5.74) is 1.79. The van der Waals surface area contributed by atoms with Gasteiger partial charge in [-0.25, -0.2) is 4.90 Å². The van der Waals surface area contributed by atoms with E-state index in [1.54, 1.807) is 0 Å². The molecule has 1 aromatic rings. The van der Waals surface area contributed by atoms with Crippen LogP contribution in [0.2, 0.25) is 0 Å². The van der Waals surface area contributed by atoms with Crippen molar-refractivity contribution in [2.45, 2.75) is 19.8 Å². The number of hydrogen-bond donors (Lipinski definition) is 0. The van der Waals surface area contributed by atoms with Crippen LogP contribution in [0.1, 0.15) is 18.4 Å². The second kappa shape index (κ2) is 4.54. The lowest BCUT2D eigenvalue weighted by Gasteiger charge is -2.38. The maximum Gasteiger partial charge on any atom is 0.238 e. The predicted octanol–water partition coefficient (Wildman–Crippen LogP) is 3.46. The molecule has 4 atom stereocenters. The standard InChI is InChI=1S/C17H16BrNO2/c1-9-2-7-12(8-13(9)18)19-16(20)14-10-3-4-11(6-5-10)15(14)17(19)21/h2-4,7-8,10-11,14-15H,5-6H2,1H3/t10-,11-,14-,15-/m1/s1. The van der Waals surface area contributed by atoms with E-state index >= 15 is 0 Å². The topological polar surface area (TPSA) is 37.4 Å². The first-order chi connectivity index (χ1) is 10.1. The molecule has 3 aliphatic carbocycles. The minimum Gasteiger partial charge on any atom is -0.274 e. The second-order valence-corrected chi connectivity index (χ2v) is 7.14. The number of benzene rings is 1. The molecule has 0 spiro atoms. The summed E-state index contributed by atoms with van der Waals surface area (Å²) in [7, 11) is 0. The lowest BCUT2D eigenvalue weighted by atomic mass is 9.63. The first kappa shape index (κ1) is 13.3. The van der Waals surface area contributed by atoms with Crippen molar-refractivity contribution in [1.29, 1.82) is 0 Å². The second-order valence-electron chi connectivity index (χ2n) is 6.29. The Morgan fingerprint density at radius 1 is 1.05 bits per heavy atom. The maximum atomic E-state index is 12.8. The number of halogens is 1. The Labute approximate surface area is 132 Å². The Hall–Kier alpha value is -1.42. The molecule has 2 amide bonds. The van der Waals surface area contributed by atoms with Gasteiger partial charge in [-0.3, -0.25) is 9.59 Å². The van der Waals surface area contributed by atoms with Crippen molar-refractivity contribution in [1.82, 2.24) is 0 Å². The molecule has 0 aromatic heterocycles. The third-order valence-corrected chi connectivity index (χ3v) is 6.03. The highest BCUT2D eigenvalue weighted by molar-refractivity contribution is 9.10. The minimum atomic E-state index is -0.138. The van der Waals surface area contributed by atoms with E-state index in [2.05, 4.69) is 28.1 Å². The molecule has 1 aliphatic heterocycles. The molecule has 1 heterocycles. The van der Waals surface area contributed by atoms with E-state index in [1.165, 1.54) is 4.90 Å². The lowest BCUT2D eigenvalue weighted by molar-refractivity contribution is -0.124. The predicted molar refractivity (Wildman–Crippen MR) is 83.7 cm³/mol. The molecule has 0 radical (unpaired) electrons. The van der Waals surface area contributed by atoms with Gasteiger partial charge in [-0.2, -0.15) is 0 Å². The summed E-state index contributed by atoms with van der Waals surface area (Å²) in [6.07, 6.45) is 6.36. The van der Waals surface area contributed by atoms with Crippen LogP contribution in [-0.2, 0) is 9.59 Å². The Morgan fingerprint density at radius 3 is 2.10 bits per heavy atom. The highest BCUT2D eigenvalue weighted by Gasteiger charge is 2.56. The Morgan fingerprint density at radius 2 is 1.62 bits per heavy atom. The molecule has 108 valence electrons. The number of amides is 2. The minimum absolute atomic E-state index is 0.0141. The number of imide groups is 1. The number of anilines is 1. The van der Waals surface area contributed by atoms with Gasteiger partial charge in [0.15, 0.2) is 0 Å². The fraction of sp³-hybridized carbons (Fsp3) is 0.412. The zero-order chi connectivity index (χ0) is 14.7. The van der Waals surface area contributed by atoms with Crippen molar-refractivity contribution in [3.63, 3.8) is 0 Å². The fourth-order valence-electron chi connectivity index (χ4n) is 4.05. The van der Waals surface area contributed by atoms with Crippen molar-refractivity contribution >= 4 is 33.4 Å². The van der Waals surface area contributed by atoms with E-state index in [1.807, 2.05) is 25.1 Å². The van der Waals surface area contributed by atoms with Crippen molar-refractivity contribution in [2.24, 2.45) is 23.7 Å². The third-order valence-electron chi connectivity index (χ3n) is 5.17. The Bertz CT molecular complexity index is 649. The van der Waals surface area contributed by atoms with Crippen LogP contribution in [0, 0.1) is 30.6 Å². The average molecular weight is 346 g/mol. The molecule has 1 aromatic carbocycles. The molecule has 4 heteroatoms. The molecule has 0 unspecified atom stereocenters. The normalized spacial score (nSPS) is 33.7. The highest BCUT2D eigenvalue weighted by atomic mass is 79.9. The Kier molecular flexibility index (Phi) is 2.86. The first-order valence-electron chi connectivity index (χ1n) is 7.40. The van der Waals surface area contributed by atoms with Gasteiger partial charge >= 0.3 is 0 Å². The van der Waals surface area contributed by atoms with Gasteiger partial charge in [-0.05, 0) is 49.3 Å². The first-order valence-corrected chi connectivity index (χ1v) is 8.19. The van der Waals surface area contributed by atoms with Gasteiger partial charge in [0.2, 0.25) is 11.8 Å². The summed E-state index contributed by atoms with van der Waals surface area (Å²) in [6, 6.07) is 5.68. The van der Waals surface area contributed by atoms with Crippen LogP contribution in [-0.4, -0.2) is 11.8 Å². The summed E-state index contributed by atoms with van der Waals surface area (Å²) in [4.78, 5) is 27.0. The zero-order valence-electron chi connectivity index (χ0n) is 11.8. The van der Waals surface area contributed by atoms with Crippen molar-refractivity contribution in [2.75, 3.05) is 4.90 Å². The summed E-state index contributed by atoms with van der Waals surface area (Å²) >= 11 is 3.48. The largest absolute Gasteiger partial charge is 0.274 e. The third kappa shape index (κ3) is 1.78. The molecule has 2 bridgehead atoms. The smallest absolute Gasteiger partial charge is 0.238 e. The van der Waals surface area contributed by atoms with Gasteiger partial charge < -0.3 is 0 Å². The Balaban J connectivity index is 1.76. The van der Waals surface area contributed by atoms with Crippen LogP contribution in [0.4, 0.5) is 5.69 Å². The van der Waals surface area contributed by atoms with Crippen LogP contribution in [0.15, 0.2) is 34.8 Å². The molecule has 2 fully saturated rings. The summed E-state index contributed by atoms with van der Waals surface area (Å²) in [5, 5.41) is 0. The highest BCUT2D eigenvalue weighted by Crippen LogP contribution is 2.50. The van der Waals surface area contributed by atoms with Crippen LogP contribution >= 0.6 is 15.9 Å². The number of carbonyl (C=O) groups is 2. The number of fused-ring (bicyclic) bond motifs is 1.